The standard InChI is InChI=1S/C10H14N4O5S/c15-10-2-1-8(14(16)17)7-9(10)12-20(18,19)13-5-3-11-4-6-13/h1-2,7,11-12,15H,3-6H2. The lowest BCUT2D eigenvalue weighted by Gasteiger charge is -2.26. The van der Waals surface area contributed by atoms with Gasteiger partial charge in [-0.3, -0.25) is 14.8 Å². The number of hydrogen-bond donors (Lipinski definition) is 3. The van der Waals surface area contributed by atoms with Crippen molar-refractivity contribution in [2.24, 2.45) is 0 Å². The number of phenols is 1. The van der Waals surface area contributed by atoms with Crippen LogP contribution in [0.25, 0.3) is 0 Å². The van der Waals surface area contributed by atoms with Crippen LogP contribution in [0.15, 0.2) is 18.2 Å². The average molecular weight is 302 g/mol. The second kappa shape index (κ2) is 5.61. The van der Waals surface area contributed by atoms with Crippen molar-refractivity contribution in [3.63, 3.8) is 0 Å². The number of nitro benzene ring substituents is 1. The number of hydrogen-bond acceptors (Lipinski definition) is 6. The molecule has 1 heterocycles. The second-order valence-corrected chi connectivity index (χ2v) is 5.89. The van der Waals surface area contributed by atoms with E-state index in [1.807, 2.05) is 0 Å². The summed E-state index contributed by atoms with van der Waals surface area (Å²) in [7, 11) is -3.84. The van der Waals surface area contributed by atoms with E-state index in [-0.39, 0.29) is 17.1 Å². The van der Waals surface area contributed by atoms with Gasteiger partial charge in [-0.2, -0.15) is 12.7 Å². The third-order valence-electron chi connectivity index (χ3n) is 2.85. The highest BCUT2D eigenvalue weighted by Crippen LogP contribution is 2.29. The molecule has 1 fully saturated rings. The molecule has 0 aromatic heterocycles. The first kappa shape index (κ1) is 14.5. The number of aromatic hydroxyl groups is 1. The molecular weight excluding hydrogens is 288 g/mol. The van der Waals surface area contributed by atoms with E-state index in [2.05, 4.69) is 10.0 Å². The van der Waals surface area contributed by atoms with Crippen molar-refractivity contribution in [2.75, 3.05) is 30.9 Å². The van der Waals surface area contributed by atoms with Crippen molar-refractivity contribution in [1.29, 1.82) is 0 Å². The van der Waals surface area contributed by atoms with Crippen LogP contribution in [-0.4, -0.2) is 48.9 Å². The van der Waals surface area contributed by atoms with E-state index < -0.39 is 15.1 Å². The molecular formula is C10H14N4O5S. The molecule has 0 atom stereocenters. The molecule has 0 bridgehead atoms. The van der Waals surface area contributed by atoms with Crippen molar-refractivity contribution >= 4 is 21.6 Å². The van der Waals surface area contributed by atoms with Crippen LogP contribution in [0.5, 0.6) is 5.75 Å². The first-order chi connectivity index (χ1) is 9.40. The molecule has 1 aliphatic heterocycles. The quantitative estimate of drug-likeness (QED) is 0.404. The Morgan fingerprint density at radius 3 is 2.60 bits per heavy atom. The van der Waals surface area contributed by atoms with Gasteiger partial charge < -0.3 is 10.4 Å². The zero-order valence-corrected chi connectivity index (χ0v) is 11.3. The van der Waals surface area contributed by atoms with Gasteiger partial charge in [0.05, 0.1) is 10.6 Å². The predicted molar refractivity (Wildman–Crippen MR) is 71.7 cm³/mol. The van der Waals surface area contributed by atoms with Crippen LogP contribution in [0.4, 0.5) is 11.4 Å². The van der Waals surface area contributed by atoms with E-state index in [4.69, 9.17) is 0 Å². The fraction of sp³-hybridized carbons (Fsp3) is 0.400. The number of benzene rings is 1. The van der Waals surface area contributed by atoms with Crippen molar-refractivity contribution in [1.82, 2.24) is 9.62 Å². The summed E-state index contributed by atoms with van der Waals surface area (Å²) in [6, 6.07) is 3.15. The molecule has 0 saturated carbocycles. The highest BCUT2D eigenvalue weighted by Gasteiger charge is 2.25. The molecule has 10 heteroatoms. The maximum Gasteiger partial charge on any atom is 0.301 e. The Hall–Kier alpha value is -1.91. The normalized spacial score (nSPS) is 16.8. The van der Waals surface area contributed by atoms with Crippen molar-refractivity contribution < 1.29 is 18.4 Å². The topological polar surface area (TPSA) is 125 Å². The van der Waals surface area contributed by atoms with Crippen LogP contribution >= 0.6 is 0 Å². The van der Waals surface area contributed by atoms with E-state index in [1.165, 1.54) is 4.31 Å². The minimum atomic E-state index is -3.84. The Morgan fingerprint density at radius 1 is 1.35 bits per heavy atom. The molecule has 0 amide bonds. The largest absolute Gasteiger partial charge is 0.506 e. The fourth-order valence-electron chi connectivity index (χ4n) is 1.81. The zero-order valence-electron chi connectivity index (χ0n) is 10.4. The molecule has 0 spiro atoms. The Balaban J connectivity index is 2.24. The molecule has 0 unspecified atom stereocenters. The van der Waals surface area contributed by atoms with Gasteiger partial charge >= 0.3 is 10.2 Å². The lowest BCUT2D eigenvalue weighted by atomic mass is 10.2. The second-order valence-electron chi connectivity index (χ2n) is 4.21. The van der Waals surface area contributed by atoms with Gasteiger partial charge in [0, 0.05) is 38.3 Å². The summed E-state index contributed by atoms with van der Waals surface area (Å²) in [4.78, 5) is 10.00. The van der Waals surface area contributed by atoms with Crippen LogP contribution < -0.4 is 10.0 Å². The number of nitrogens with one attached hydrogen (secondary N) is 2. The molecule has 2 rings (SSSR count). The lowest BCUT2D eigenvalue weighted by Crippen LogP contribution is -2.48. The maximum absolute atomic E-state index is 12.1. The third-order valence-corrected chi connectivity index (χ3v) is 4.37. The molecule has 20 heavy (non-hydrogen) atoms. The number of non-ortho nitro benzene ring substituents is 1. The van der Waals surface area contributed by atoms with Gasteiger partial charge in [-0.25, -0.2) is 0 Å². The van der Waals surface area contributed by atoms with Gasteiger partial charge in [0.25, 0.3) is 5.69 Å². The van der Waals surface area contributed by atoms with Crippen molar-refractivity contribution in [2.45, 2.75) is 0 Å². The van der Waals surface area contributed by atoms with E-state index >= 15 is 0 Å². The van der Waals surface area contributed by atoms with Gasteiger partial charge in [0.1, 0.15) is 5.75 Å². The zero-order chi connectivity index (χ0) is 14.8. The minimum Gasteiger partial charge on any atom is -0.506 e. The number of nitrogens with zero attached hydrogens (tertiary/aromatic N) is 2. The van der Waals surface area contributed by atoms with Gasteiger partial charge in [-0.1, -0.05) is 0 Å². The Labute approximate surface area is 115 Å². The van der Waals surface area contributed by atoms with E-state index in [0.29, 0.717) is 26.2 Å². The summed E-state index contributed by atoms with van der Waals surface area (Å²) in [5, 5.41) is 23.3. The van der Waals surface area contributed by atoms with Crippen molar-refractivity contribution in [3.05, 3.63) is 28.3 Å². The lowest BCUT2D eigenvalue weighted by molar-refractivity contribution is -0.384. The first-order valence-electron chi connectivity index (χ1n) is 5.86. The smallest absolute Gasteiger partial charge is 0.301 e. The van der Waals surface area contributed by atoms with Gasteiger partial charge in [-0.05, 0) is 6.07 Å². The molecule has 0 radical (unpaired) electrons. The molecule has 9 nitrogen and oxygen atoms in total. The van der Waals surface area contributed by atoms with Crippen LogP contribution in [0.2, 0.25) is 0 Å². The van der Waals surface area contributed by atoms with Crippen LogP contribution in [0.3, 0.4) is 0 Å². The van der Waals surface area contributed by atoms with Crippen LogP contribution in [0.1, 0.15) is 0 Å². The number of nitro groups is 1. The number of anilines is 1. The van der Waals surface area contributed by atoms with Crippen molar-refractivity contribution in [3.8, 4) is 5.75 Å². The monoisotopic (exact) mass is 302 g/mol. The Morgan fingerprint density at radius 2 is 2.00 bits per heavy atom. The van der Waals surface area contributed by atoms with Crippen LogP contribution in [0, 0.1) is 10.1 Å². The summed E-state index contributed by atoms with van der Waals surface area (Å²) in [5.41, 5.74) is -0.515. The maximum atomic E-state index is 12.1. The van der Waals surface area contributed by atoms with E-state index in [0.717, 1.165) is 18.2 Å². The highest BCUT2D eigenvalue weighted by atomic mass is 32.2. The summed E-state index contributed by atoms with van der Waals surface area (Å²) in [5.74, 6) is -0.366. The first-order valence-corrected chi connectivity index (χ1v) is 7.30. The fourth-order valence-corrected chi connectivity index (χ4v) is 3.04. The Kier molecular flexibility index (Phi) is 4.06. The predicted octanol–water partition coefficient (Wildman–Crippen LogP) is -0.138. The summed E-state index contributed by atoms with van der Waals surface area (Å²) in [6.07, 6.45) is 0. The van der Waals surface area contributed by atoms with Gasteiger partial charge in [-0.15, -0.1) is 0 Å². The van der Waals surface area contributed by atoms with Crippen LogP contribution in [-0.2, 0) is 10.2 Å². The molecule has 1 saturated heterocycles. The number of phenolic OH excluding ortho intramolecular Hbond substituents is 1. The molecule has 1 aromatic carbocycles. The average Bonchev–Trinajstić information content (AvgIpc) is 2.42. The third kappa shape index (κ3) is 3.15. The summed E-state index contributed by atoms with van der Waals surface area (Å²) in [6.45, 7) is 1.65. The highest BCUT2D eigenvalue weighted by molar-refractivity contribution is 7.90. The SMILES string of the molecule is O=[N+]([O-])c1ccc(O)c(NS(=O)(=O)N2CCNCC2)c1. The molecule has 3 N–H and O–H groups in total. The molecule has 1 aliphatic rings. The minimum absolute atomic E-state index is 0.210. The molecule has 110 valence electrons. The van der Waals surface area contributed by atoms with E-state index in [9.17, 15) is 23.6 Å². The molecule has 0 aliphatic carbocycles. The summed E-state index contributed by atoms with van der Waals surface area (Å²) >= 11 is 0. The molecule has 1 aromatic rings. The van der Waals surface area contributed by atoms with Gasteiger partial charge in [0.2, 0.25) is 0 Å². The van der Waals surface area contributed by atoms with E-state index in [1.54, 1.807) is 0 Å². The Bertz CT molecular complexity index is 612. The van der Waals surface area contributed by atoms with Gasteiger partial charge in [0.15, 0.2) is 0 Å². The summed E-state index contributed by atoms with van der Waals surface area (Å²) < 4.78 is 27.6. The number of rotatable bonds is 4. The number of piperazine rings is 1.